The Morgan fingerprint density at radius 2 is 1.58 bits per heavy atom. The quantitative estimate of drug-likeness (QED) is 0.563. The van der Waals surface area contributed by atoms with Crippen molar-refractivity contribution in [3.63, 3.8) is 0 Å². The largest absolute Gasteiger partial charge is 0.493 e. The molecule has 0 N–H and O–H groups in total. The molecule has 0 radical (unpaired) electrons. The van der Waals surface area contributed by atoms with Crippen molar-refractivity contribution in [2.24, 2.45) is 0 Å². The van der Waals surface area contributed by atoms with Crippen LogP contribution >= 0.6 is 11.3 Å². The van der Waals surface area contributed by atoms with Gasteiger partial charge in [-0.25, -0.2) is 0 Å². The summed E-state index contributed by atoms with van der Waals surface area (Å²) in [5.74, 6) is 2.42. The summed E-state index contributed by atoms with van der Waals surface area (Å²) in [6.45, 7) is 0.595. The van der Waals surface area contributed by atoms with Crippen LogP contribution in [0.2, 0.25) is 0 Å². The molecule has 2 aromatic carbocycles. The van der Waals surface area contributed by atoms with Crippen LogP contribution in [0.25, 0.3) is 0 Å². The Morgan fingerprint density at radius 3 is 2.23 bits per heavy atom. The maximum Gasteiger partial charge on any atom is 0.254 e. The van der Waals surface area contributed by atoms with Crippen molar-refractivity contribution in [1.82, 2.24) is 4.90 Å². The number of fused-ring (bicyclic) bond motifs is 1. The average Bonchev–Trinajstić information content (AvgIpc) is 3.35. The second-order valence-corrected chi connectivity index (χ2v) is 8.12. The number of rotatable bonds is 6. The van der Waals surface area contributed by atoms with Crippen molar-refractivity contribution < 1.29 is 23.7 Å². The van der Waals surface area contributed by atoms with E-state index in [2.05, 4.69) is 6.07 Å². The van der Waals surface area contributed by atoms with Gasteiger partial charge in [0.25, 0.3) is 5.91 Å². The van der Waals surface area contributed by atoms with E-state index < -0.39 is 0 Å². The van der Waals surface area contributed by atoms with E-state index in [1.54, 1.807) is 58.0 Å². The third-order valence-corrected chi connectivity index (χ3v) is 6.50. The van der Waals surface area contributed by atoms with Crippen molar-refractivity contribution in [2.75, 3.05) is 35.0 Å². The van der Waals surface area contributed by atoms with E-state index in [0.29, 0.717) is 35.1 Å². The lowest BCUT2D eigenvalue weighted by Crippen LogP contribution is -2.40. The molecule has 2 heterocycles. The predicted octanol–water partition coefficient (Wildman–Crippen LogP) is 4.57. The van der Waals surface area contributed by atoms with Crippen LogP contribution in [0.5, 0.6) is 23.0 Å². The number of benzene rings is 2. The predicted molar refractivity (Wildman–Crippen MR) is 120 cm³/mol. The van der Waals surface area contributed by atoms with Crippen LogP contribution in [0, 0.1) is 0 Å². The Kier molecular flexibility index (Phi) is 6.04. The normalized spacial score (nSPS) is 15.2. The smallest absolute Gasteiger partial charge is 0.254 e. The number of methoxy groups -OCH3 is 4. The number of hydrogen-bond acceptors (Lipinski definition) is 6. The first-order valence-electron chi connectivity index (χ1n) is 9.92. The van der Waals surface area contributed by atoms with Crippen LogP contribution in [0.1, 0.15) is 32.4 Å². The number of hydrogen-bond donors (Lipinski definition) is 0. The molecule has 4 rings (SSSR count). The molecule has 1 aliphatic rings. The van der Waals surface area contributed by atoms with Crippen LogP contribution < -0.4 is 18.9 Å². The Morgan fingerprint density at radius 1 is 0.903 bits per heavy atom. The van der Waals surface area contributed by atoms with Gasteiger partial charge in [-0.1, -0.05) is 6.07 Å². The topological polar surface area (TPSA) is 57.2 Å². The second-order valence-electron chi connectivity index (χ2n) is 7.14. The van der Waals surface area contributed by atoms with Gasteiger partial charge in [0.1, 0.15) is 0 Å². The van der Waals surface area contributed by atoms with E-state index in [1.807, 2.05) is 28.5 Å². The molecule has 1 aliphatic heterocycles. The summed E-state index contributed by atoms with van der Waals surface area (Å²) in [7, 11) is 6.41. The van der Waals surface area contributed by atoms with E-state index in [-0.39, 0.29) is 11.9 Å². The number of nitrogens with zero attached hydrogens (tertiary/aromatic N) is 1. The minimum absolute atomic E-state index is 0.0558. The van der Waals surface area contributed by atoms with Gasteiger partial charge in [-0.05, 0) is 59.3 Å². The number of amides is 1. The molecule has 0 bridgehead atoms. The van der Waals surface area contributed by atoms with Gasteiger partial charge in [-0.2, -0.15) is 0 Å². The third kappa shape index (κ3) is 3.81. The van der Waals surface area contributed by atoms with E-state index in [1.165, 1.54) is 0 Å². The molecule has 0 spiro atoms. The molecule has 7 heteroatoms. The molecule has 31 heavy (non-hydrogen) atoms. The standard InChI is InChI=1S/C24H25NO5S/c1-27-18-8-7-16(13-19(18)28-2)24(26)25-10-9-15-12-20(29-3)21(30-4)14-17(15)23(25)22-6-5-11-31-22/h5-8,11-14,23H,9-10H2,1-4H3. The van der Waals surface area contributed by atoms with Crippen molar-refractivity contribution >= 4 is 17.2 Å². The highest BCUT2D eigenvalue weighted by atomic mass is 32.1. The Bertz CT molecular complexity index is 1080. The van der Waals surface area contributed by atoms with Gasteiger partial charge < -0.3 is 23.8 Å². The molecule has 162 valence electrons. The summed E-state index contributed by atoms with van der Waals surface area (Å²) in [5, 5.41) is 2.03. The van der Waals surface area contributed by atoms with Gasteiger partial charge in [-0.3, -0.25) is 4.79 Å². The minimum Gasteiger partial charge on any atom is -0.493 e. The van der Waals surface area contributed by atoms with Crippen LogP contribution in [0.15, 0.2) is 47.8 Å². The molecule has 1 amide bonds. The number of ether oxygens (including phenoxy) is 4. The zero-order chi connectivity index (χ0) is 22.0. The SMILES string of the molecule is COc1ccc(C(=O)N2CCc3cc(OC)c(OC)cc3C2c2cccs2)cc1OC. The Hall–Kier alpha value is -3.19. The van der Waals surface area contributed by atoms with E-state index >= 15 is 0 Å². The average molecular weight is 440 g/mol. The lowest BCUT2D eigenvalue weighted by Gasteiger charge is -2.37. The summed E-state index contributed by atoms with van der Waals surface area (Å²) in [6, 6.07) is 13.2. The Balaban J connectivity index is 1.79. The van der Waals surface area contributed by atoms with E-state index in [4.69, 9.17) is 18.9 Å². The van der Waals surface area contributed by atoms with Gasteiger partial charge in [0.15, 0.2) is 23.0 Å². The second kappa shape index (κ2) is 8.89. The summed E-state index contributed by atoms with van der Waals surface area (Å²) in [5.41, 5.74) is 2.77. The first-order valence-corrected chi connectivity index (χ1v) is 10.8. The number of thiophene rings is 1. The fourth-order valence-electron chi connectivity index (χ4n) is 4.05. The lowest BCUT2D eigenvalue weighted by molar-refractivity contribution is 0.0696. The van der Waals surface area contributed by atoms with Gasteiger partial charge in [0.05, 0.1) is 34.5 Å². The van der Waals surface area contributed by atoms with Gasteiger partial charge in [0, 0.05) is 17.0 Å². The summed E-state index contributed by atoms with van der Waals surface area (Å²) >= 11 is 1.64. The lowest BCUT2D eigenvalue weighted by atomic mass is 9.90. The monoisotopic (exact) mass is 439 g/mol. The molecule has 0 fully saturated rings. The molecular formula is C24H25NO5S. The van der Waals surface area contributed by atoms with Crippen molar-refractivity contribution in [2.45, 2.75) is 12.5 Å². The summed E-state index contributed by atoms with van der Waals surface area (Å²) < 4.78 is 21.8. The third-order valence-electron chi connectivity index (χ3n) is 5.58. The van der Waals surface area contributed by atoms with Crippen molar-refractivity contribution in [3.8, 4) is 23.0 Å². The molecule has 0 saturated carbocycles. The number of carbonyl (C=O) groups excluding carboxylic acids is 1. The Labute approximate surface area is 185 Å². The van der Waals surface area contributed by atoms with E-state index in [9.17, 15) is 4.79 Å². The molecule has 1 atom stereocenters. The minimum atomic E-state index is -0.204. The summed E-state index contributed by atoms with van der Waals surface area (Å²) in [4.78, 5) is 16.7. The zero-order valence-corrected chi connectivity index (χ0v) is 18.8. The summed E-state index contributed by atoms with van der Waals surface area (Å²) in [6.07, 6.45) is 0.733. The van der Waals surface area contributed by atoms with Crippen LogP contribution in [0.4, 0.5) is 0 Å². The highest BCUT2D eigenvalue weighted by Gasteiger charge is 2.34. The first-order chi connectivity index (χ1) is 15.1. The van der Waals surface area contributed by atoms with Crippen LogP contribution in [-0.2, 0) is 6.42 Å². The van der Waals surface area contributed by atoms with E-state index in [0.717, 1.165) is 22.4 Å². The molecular weight excluding hydrogens is 414 g/mol. The van der Waals surface area contributed by atoms with Gasteiger partial charge in [0.2, 0.25) is 0 Å². The van der Waals surface area contributed by atoms with Crippen LogP contribution in [0.3, 0.4) is 0 Å². The molecule has 0 aliphatic carbocycles. The van der Waals surface area contributed by atoms with Gasteiger partial charge in [-0.15, -0.1) is 11.3 Å². The zero-order valence-electron chi connectivity index (χ0n) is 18.0. The number of carbonyl (C=O) groups is 1. The highest BCUT2D eigenvalue weighted by Crippen LogP contribution is 2.43. The maximum absolute atomic E-state index is 13.6. The maximum atomic E-state index is 13.6. The molecule has 3 aromatic rings. The molecule has 6 nitrogen and oxygen atoms in total. The molecule has 1 aromatic heterocycles. The van der Waals surface area contributed by atoms with Gasteiger partial charge >= 0.3 is 0 Å². The van der Waals surface area contributed by atoms with Crippen LogP contribution in [-0.4, -0.2) is 45.8 Å². The fraction of sp³-hybridized carbons (Fsp3) is 0.292. The molecule has 1 unspecified atom stereocenters. The molecule has 0 saturated heterocycles. The van der Waals surface area contributed by atoms with Crippen molar-refractivity contribution in [3.05, 3.63) is 69.4 Å². The van der Waals surface area contributed by atoms with Crippen molar-refractivity contribution in [1.29, 1.82) is 0 Å². The first kappa shape index (κ1) is 21.1. The fourth-order valence-corrected chi connectivity index (χ4v) is 4.91. The highest BCUT2D eigenvalue weighted by molar-refractivity contribution is 7.10.